The average molecular weight is 474 g/mol. The third-order valence-corrected chi connectivity index (χ3v) is 6.24. The third kappa shape index (κ3) is 4.59. The van der Waals surface area contributed by atoms with Crippen LogP contribution in [-0.2, 0) is 4.74 Å². The number of hydrogen-bond acceptors (Lipinski definition) is 7. The highest BCUT2D eigenvalue weighted by Gasteiger charge is 2.26. The average Bonchev–Trinajstić information content (AvgIpc) is 3.24. The Bertz CT molecular complexity index is 1160. The summed E-state index contributed by atoms with van der Waals surface area (Å²) in [5, 5.41) is 7.51. The number of morpholine rings is 1. The van der Waals surface area contributed by atoms with E-state index in [0.717, 1.165) is 18.8 Å². The van der Waals surface area contributed by atoms with Gasteiger partial charge in [-0.1, -0.05) is 11.6 Å². The fourth-order valence-electron chi connectivity index (χ4n) is 4.27. The Morgan fingerprint density at radius 3 is 2.79 bits per heavy atom. The predicted octanol–water partition coefficient (Wildman–Crippen LogP) is 2.35. The van der Waals surface area contributed by atoms with Crippen LogP contribution in [0.25, 0.3) is 5.65 Å². The van der Waals surface area contributed by atoms with E-state index >= 15 is 0 Å². The Kier molecular flexibility index (Phi) is 6.05. The fraction of sp³-hybridized carbons (Fsp3) is 0.409. The van der Waals surface area contributed by atoms with Gasteiger partial charge in [-0.3, -0.25) is 4.79 Å². The maximum absolute atomic E-state index is 14.0. The molecule has 2 fully saturated rings. The van der Waals surface area contributed by atoms with Crippen LogP contribution in [0.15, 0.2) is 36.7 Å². The van der Waals surface area contributed by atoms with Crippen LogP contribution in [0.4, 0.5) is 21.6 Å². The predicted molar refractivity (Wildman–Crippen MR) is 125 cm³/mol. The molecule has 2 saturated heterocycles. The SMILES string of the molecule is N[C@@H]1C[C@@H](F)CN(c2ccn3ncc(C(=O)Nc4ccc(N5CCOCC5)cc4Cl)c3n2)C1. The smallest absolute Gasteiger partial charge is 0.261 e. The number of amides is 1. The first kappa shape index (κ1) is 21.9. The quantitative estimate of drug-likeness (QED) is 0.599. The molecule has 0 spiro atoms. The Balaban J connectivity index is 1.36. The number of rotatable bonds is 4. The number of fused-ring (bicyclic) bond motifs is 1. The van der Waals surface area contributed by atoms with Gasteiger partial charge in [-0.05, 0) is 30.7 Å². The molecule has 11 heteroatoms. The lowest BCUT2D eigenvalue weighted by molar-refractivity contribution is 0.102. The minimum atomic E-state index is -1.01. The Morgan fingerprint density at radius 2 is 2.03 bits per heavy atom. The van der Waals surface area contributed by atoms with Crippen LogP contribution in [-0.4, -0.2) is 72.1 Å². The second-order valence-electron chi connectivity index (χ2n) is 8.33. The summed E-state index contributed by atoms with van der Waals surface area (Å²) in [6.07, 6.45) is 2.48. The zero-order valence-electron chi connectivity index (χ0n) is 18.0. The monoisotopic (exact) mass is 473 g/mol. The van der Waals surface area contributed by atoms with Crippen molar-refractivity contribution in [3.8, 4) is 0 Å². The molecule has 0 radical (unpaired) electrons. The summed E-state index contributed by atoms with van der Waals surface area (Å²) < 4.78 is 20.9. The van der Waals surface area contributed by atoms with Gasteiger partial charge in [0.2, 0.25) is 0 Å². The number of nitrogens with zero attached hydrogens (tertiary/aromatic N) is 5. The number of anilines is 3. The fourth-order valence-corrected chi connectivity index (χ4v) is 4.49. The van der Waals surface area contributed by atoms with E-state index in [-0.39, 0.29) is 18.5 Å². The second kappa shape index (κ2) is 9.12. The molecule has 2 atom stereocenters. The van der Waals surface area contributed by atoms with Crippen molar-refractivity contribution in [2.24, 2.45) is 5.73 Å². The molecule has 2 aliphatic heterocycles. The number of carbonyl (C=O) groups is 1. The summed E-state index contributed by atoms with van der Waals surface area (Å²) in [6.45, 7) is 3.67. The molecule has 33 heavy (non-hydrogen) atoms. The molecule has 0 saturated carbocycles. The van der Waals surface area contributed by atoms with Gasteiger partial charge in [-0.25, -0.2) is 13.9 Å². The number of benzene rings is 1. The Labute approximate surface area is 195 Å². The number of alkyl halides is 1. The first-order valence-electron chi connectivity index (χ1n) is 10.9. The number of nitrogens with two attached hydrogens (primary N) is 1. The van der Waals surface area contributed by atoms with Gasteiger partial charge in [0.05, 0.1) is 36.7 Å². The standard InChI is InChI=1S/C22H25ClFN7O2/c23-18-10-16(29-5-7-33-8-6-29)1-2-19(18)27-22(32)17-11-26-31-4-3-20(28-21(17)31)30-12-14(24)9-15(25)13-30/h1-4,10-11,14-15H,5-9,12-13,25H2,(H,27,32)/t14-,15-/m1/s1. The van der Waals surface area contributed by atoms with Crippen LogP contribution in [0.5, 0.6) is 0 Å². The van der Waals surface area contributed by atoms with E-state index in [1.807, 2.05) is 12.1 Å². The van der Waals surface area contributed by atoms with Gasteiger partial charge in [0, 0.05) is 37.6 Å². The number of nitrogens with one attached hydrogen (secondary N) is 1. The number of hydrogen-bond donors (Lipinski definition) is 2. The second-order valence-corrected chi connectivity index (χ2v) is 8.74. The summed E-state index contributed by atoms with van der Waals surface area (Å²) in [4.78, 5) is 21.6. The van der Waals surface area contributed by atoms with Crippen molar-refractivity contribution < 1.29 is 13.9 Å². The van der Waals surface area contributed by atoms with Crippen molar-refractivity contribution in [1.82, 2.24) is 14.6 Å². The number of halogens is 2. The van der Waals surface area contributed by atoms with E-state index < -0.39 is 6.17 Å². The van der Waals surface area contributed by atoms with Gasteiger partial charge in [-0.2, -0.15) is 5.10 Å². The van der Waals surface area contributed by atoms with Crippen molar-refractivity contribution in [3.63, 3.8) is 0 Å². The molecule has 3 N–H and O–H groups in total. The lowest BCUT2D eigenvalue weighted by Gasteiger charge is -2.33. The summed E-state index contributed by atoms with van der Waals surface area (Å²) in [7, 11) is 0. The van der Waals surface area contributed by atoms with Crippen molar-refractivity contribution in [2.75, 3.05) is 54.5 Å². The van der Waals surface area contributed by atoms with E-state index in [1.165, 1.54) is 10.7 Å². The van der Waals surface area contributed by atoms with Crippen LogP contribution in [0.2, 0.25) is 5.02 Å². The first-order valence-corrected chi connectivity index (χ1v) is 11.3. The zero-order valence-corrected chi connectivity index (χ0v) is 18.7. The van der Waals surface area contributed by atoms with Crippen LogP contribution in [0, 0.1) is 0 Å². The van der Waals surface area contributed by atoms with Crippen LogP contribution >= 0.6 is 11.6 Å². The molecule has 2 aromatic heterocycles. The molecule has 0 bridgehead atoms. The molecule has 0 aliphatic carbocycles. The number of aromatic nitrogens is 3. The highest BCUT2D eigenvalue weighted by Crippen LogP contribution is 2.29. The summed E-state index contributed by atoms with van der Waals surface area (Å²) in [5.41, 5.74) is 8.12. The van der Waals surface area contributed by atoms with Crippen molar-refractivity contribution in [2.45, 2.75) is 18.6 Å². The van der Waals surface area contributed by atoms with E-state index in [4.69, 9.17) is 22.1 Å². The topological polar surface area (TPSA) is 101 Å². The summed E-state index contributed by atoms with van der Waals surface area (Å²) in [6, 6.07) is 7.02. The molecular formula is C22H25ClFN7O2. The van der Waals surface area contributed by atoms with E-state index in [0.29, 0.717) is 53.9 Å². The van der Waals surface area contributed by atoms with Crippen molar-refractivity contribution in [1.29, 1.82) is 0 Å². The van der Waals surface area contributed by atoms with E-state index in [9.17, 15) is 9.18 Å². The molecular weight excluding hydrogens is 449 g/mol. The Morgan fingerprint density at radius 1 is 1.21 bits per heavy atom. The summed E-state index contributed by atoms with van der Waals surface area (Å²) in [5.74, 6) is 0.178. The minimum Gasteiger partial charge on any atom is -0.378 e. The maximum Gasteiger partial charge on any atom is 0.261 e. The van der Waals surface area contributed by atoms with Crippen molar-refractivity contribution >= 4 is 40.3 Å². The minimum absolute atomic E-state index is 0.220. The highest BCUT2D eigenvalue weighted by atomic mass is 35.5. The molecule has 1 aromatic carbocycles. The van der Waals surface area contributed by atoms with Gasteiger partial charge in [0.25, 0.3) is 5.91 Å². The normalized spacial score (nSPS) is 21.4. The molecule has 2 aliphatic rings. The number of carbonyl (C=O) groups excluding carboxylic acids is 1. The molecule has 4 heterocycles. The largest absolute Gasteiger partial charge is 0.378 e. The zero-order chi connectivity index (χ0) is 22.9. The lowest BCUT2D eigenvalue weighted by Crippen LogP contribution is -2.48. The van der Waals surface area contributed by atoms with E-state index in [1.54, 1.807) is 23.2 Å². The first-order chi connectivity index (χ1) is 16.0. The van der Waals surface area contributed by atoms with Gasteiger partial charge >= 0.3 is 0 Å². The lowest BCUT2D eigenvalue weighted by atomic mass is 10.1. The van der Waals surface area contributed by atoms with E-state index in [2.05, 4.69) is 20.3 Å². The Hall–Kier alpha value is -2.95. The third-order valence-electron chi connectivity index (χ3n) is 5.93. The highest BCUT2D eigenvalue weighted by molar-refractivity contribution is 6.34. The maximum atomic E-state index is 14.0. The molecule has 3 aromatic rings. The van der Waals surface area contributed by atoms with Crippen LogP contribution < -0.4 is 20.9 Å². The van der Waals surface area contributed by atoms with Gasteiger partial charge in [-0.15, -0.1) is 0 Å². The van der Waals surface area contributed by atoms with Crippen LogP contribution in [0.3, 0.4) is 0 Å². The van der Waals surface area contributed by atoms with Gasteiger partial charge < -0.3 is 25.6 Å². The molecule has 5 rings (SSSR count). The van der Waals surface area contributed by atoms with Gasteiger partial charge in [0.1, 0.15) is 17.6 Å². The van der Waals surface area contributed by atoms with Crippen molar-refractivity contribution in [3.05, 3.63) is 47.2 Å². The van der Waals surface area contributed by atoms with Crippen LogP contribution in [0.1, 0.15) is 16.8 Å². The number of piperidine rings is 1. The summed E-state index contributed by atoms with van der Waals surface area (Å²) >= 11 is 6.46. The number of ether oxygens (including phenoxy) is 1. The molecule has 174 valence electrons. The molecule has 9 nitrogen and oxygen atoms in total. The van der Waals surface area contributed by atoms with Gasteiger partial charge in [0.15, 0.2) is 5.65 Å². The molecule has 0 unspecified atom stereocenters. The molecule has 1 amide bonds.